The summed E-state index contributed by atoms with van der Waals surface area (Å²) in [4.78, 5) is 24.5. The normalized spacial score (nSPS) is 10.4. The number of anilines is 1. The summed E-state index contributed by atoms with van der Waals surface area (Å²) in [5.74, 6) is -0.454. The number of rotatable bonds is 4. The highest BCUT2D eigenvalue weighted by molar-refractivity contribution is 6.01. The van der Waals surface area contributed by atoms with E-state index in [1.165, 1.54) is 0 Å². The largest absolute Gasteiger partial charge is 0.343 e. The van der Waals surface area contributed by atoms with Crippen LogP contribution in [0.4, 0.5) is 5.69 Å². The van der Waals surface area contributed by atoms with Gasteiger partial charge in [-0.05, 0) is 56.9 Å². The van der Waals surface area contributed by atoms with E-state index >= 15 is 0 Å². The van der Waals surface area contributed by atoms with Crippen LogP contribution in [0.3, 0.4) is 0 Å². The summed E-state index contributed by atoms with van der Waals surface area (Å²) in [5, 5.41) is 5.58. The molecule has 2 N–H and O–H groups in total. The van der Waals surface area contributed by atoms with Gasteiger partial charge in [0.05, 0.1) is 6.54 Å². The summed E-state index contributed by atoms with van der Waals surface area (Å²) in [5.41, 5.74) is 6.40. The van der Waals surface area contributed by atoms with Gasteiger partial charge in [-0.1, -0.05) is 35.9 Å². The lowest BCUT2D eigenvalue weighted by molar-refractivity contribution is -0.115. The molecule has 0 radical (unpaired) electrons. The number of carbonyl (C=O) groups excluding carboxylic acids is 2. The average molecular weight is 324 g/mol. The Balaban J connectivity index is 2.03. The van der Waals surface area contributed by atoms with Crippen molar-refractivity contribution in [3.05, 3.63) is 63.7 Å². The first kappa shape index (κ1) is 17.7. The summed E-state index contributed by atoms with van der Waals surface area (Å²) >= 11 is 0. The fourth-order valence-electron chi connectivity index (χ4n) is 2.98. The van der Waals surface area contributed by atoms with Crippen LogP contribution in [-0.2, 0) is 4.79 Å². The molecule has 0 fully saturated rings. The summed E-state index contributed by atoms with van der Waals surface area (Å²) in [6, 6.07) is 9.78. The third-order valence-corrected chi connectivity index (χ3v) is 4.06. The molecule has 2 amide bonds. The highest BCUT2D eigenvalue weighted by Crippen LogP contribution is 2.19. The van der Waals surface area contributed by atoms with Gasteiger partial charge in [-0.15, -0.1) is 0 Å². The molecule has 2 aromatic rings. The number of carbonyl (C=O) groups is 2. The highest BCUT2D eigenvalue weighted by Gasteiger charge is 2.14. The van der Waals surface area contributed by atoms with Gasteiger partial charge in [0.1, 0.15) is 0 Å². The third kappa shape index (κ3) is 4.02. The van der Waals surface area contributed by atoms with Crippen LogP contribution in [0.15, 0.2) is 30.3 Å². The van der Waals surface area contributed by atoms with Crippen LogP contribution in [0.2, 0.25) is 0 Å². The Morgan fingerprint density at radius 1 is 0.875 bits per heavy atom. The quantitative estimate of drug-likeness (QED) is 0.903. The number of aryl methyl sites for hydroxylation is 5. The Morgan fingerprint density at radius 3 is 1.96 bits per heavy atom. The van der Waals surface area contributed by atoms with Crippen LogP contribution in [0.1, 0.15) is 38.2 Å². The second-order valence-electron chi connectivity index (χ2n) is 6.27. The van der Waals surface area contributed by atoms with E-state index < -0.39 is 0 Å². The van der Waals surface area contributed by atoms with E-state index in [1.54, 1.807) is 0 Å². The van der Waals surface area contributed by atoms with Crippen molar-refractivity contribution in [3.63, 3.8) is 0 Å². The number of benzene rings is 2. The first-order chi connectivity index (χ1) is 11.3. The predicted octanol–water partition coefficient (Wildman–Crippen LogP) is 3.60. The topological polar surface area (TPSA) is 58.2 Å². The first-order valence-electron chi connectivity index (χ1n) is 8.01. The van der Waals surface area contributed by atoms with Gasteiger partial charge in [-0.25, -0.2) is 0 Å². The zero-order chi connectivity index (χ0) is 17.9. The van der Waals surface area contributed by atoms with E-state index in [0.717, 1.165) is 33.5 Å². The molecule has 0 saturated carbocycles. The average Bonchev–Trinajstić information content (AvgIpc) is 2.48. The van der Waals surface area contributed by atoms with E-state index in [1.807, 2.05) is 65.0 Å². The number of amides is 2. The van der Waals surface area contributed by atoms with E-state index in [2.05, 4.69) is 10.6 Å². The summed E-state index contributed by atoms with van der Waals surface area (Å²) in [6.07, 6.45) is 0. The van der Waals surface area contributed by atoms with Crippen molar-refractivity contribution in [2.75, 3.05) is 11.9 Å². The molecule has 0 atom stereocenters. The molecule has 0 unspecified atom stereocenters. The second kappa shape index (κ2) is 7.30. The van der Waals surface area contributed by atoms with Crippen LogP contribution in [0.25, 0.3) is 0 Å². The second-order valence-corrected chi connectivity index (χ2v) is 6.27. The van der Waals surface area contributed by atoms with Crippen molar-refractivity contribution in [2.24, 2.45) is 0 Å². The number of hydrogen-bond donors (Lipinski definition) is 2. The van der Waals surface area contributed by atoms with Crippen molar-refractivity contribution in [1.29, 1.82) is 0 Å². The van der Waals surface area contributed by atoms with Crippen LogP contribution < -0.4 is 10.6 Å². The van der Waals surface area contributed by atoms with Crippen molar-refractivity contribution < 1.29 is 9.59 Å². The SMILES string of the molecule is Cc1cc(C)c(C(=O)NCC(=O)Nc2c(C)cccc2C)c(C)c1. The molecule has 0 aliphatic heterocycles. The van der Waals surface area contributed by atoms with Gasteiger partial charge in [0, 0.05) is 11.3 Å². The lowest BCUT2D eigenvalue weighted by Crippen LogP contribution is -2.33. The smallest absolute Gasteiger partial charge is 0.252 e. The van der Waals surface area contributed by atoms with Gasteiger partial charge in [0.25, 0.3) is 5.91 Å². The number of hydrogen-bond acceptors (Lipinski definition) is 2. The van der Waals surface area contributed by atoms with Gasteiger partial charge in [-0.3, -0.25) is 9.59 Å². The van der Waals surface area contributed by atoms with E-state index in [9.17, 15) is 9.59 Å². The molecule has 2 aromatic carbocycles. The zero-order valence-corrected chi connectivity index (χ0v) is 14.9. The van der Waals surface area contributed by atoms with Crippen molar-refractivity contribution >= 4 is 17.5 Å². The lowest BCUT2D eigenvalue weighted by Gasteiger charge is -2.13. The van der Waals surface area contributed by atoms with Gasteiger partial charge in [0.15, 0.2) is 0 Å². The summed E-state index contributed by atoms with van der Waals surface area (Å²) < 4.78 is 0. The highest BCUT2D eigenvalue weighted by atomic mass is 16.2. The van der Waals surface area contributed by atoms with Crippen LogP contribution in [0.5, 0.6) is 0 Å². The molecule has 2 rings (SSSR count). The zero-order valence-electron chi connectivity index (χ0n) is 14.9. The molecular formula is C20H24N2O2. The van der Waals surface area contributed by atoms with Gasteiger partial charge in [0.2, 0.25) is 5.91 Å². The van der Waals surface area contributed by atoms with Crippen molar-refractivity contribution in [3.8, 4) is 0 Å². The molecule has 4 heteroatoms. The predicted molar refractivity (Wildman–Crippen MR) is 97.5 cm³/mol. The maximum atomic E-state index is 12.4. The molecule has 0 heterocycles. The van der Waals surface area contributed by atoms with Crippen LogP contribution in [0, 0.1) is 34.6 Å². The Bertz CT molecular complexity index is 751. The maximum Gasteiger partial charge on any atom is 0.252 e. The monoisotopic (exact) mass is 324 g/mol. The van der Waals surface area contributed by atoms with Gasteiger partial charge in [-0.2, -0.15) is 0 Å². The maximum absolute atomic E-state index is 12.4. The molecule has 0 spiro atoms. The minimum Gasteiger partial charge on any atom is -0.343 e. The number of nitrogens with one attached hydrogen (secondary N) is 2. The Labute approximate surface area is 143 Å². The van der Waals surface area contributed by atoms with E-state index in [4.69, 9.17) is 0 Å². The minimum atomic E-state index is -0.233. The summed E-state index contributed by atoms with van der Waals surface area (Å²) in [6.45, 7) is 9.65. The van der Waals surface area contributed by atoms with Crippen molar-refractivity contribution in [2.45, 2.75) is 34.6 Å². The van der Waals surface area contributed by atoms with Crippen LogP contribution in [-0.4, -0.2) is 18.4 Å². The lowest BCUT2D eigenvalue weighted by atomic mass is 9.99. The molecule has 0 aliphatic rings. The Morgan fingerprint density at radius 2 is 1.42 bits per heavy atom. The fourth-order valence-corrected chi connectivity index (χ4v) is 2.98. The Kier molecular flexibility index (Phi) is 5.39. The fraction of sp³-hybridized carbons (Fsp3) is 0.300. The molecule has 126 valence electrons. The molecule has 0 saturated heterocycles. The van der Waals surface area contributed by atoms with E-state index in [-0.39, 0.29) is 18.4 Å². The molecule has 24 heavy (non-hydrogen) atoms. The van der Waals surface area contributed by atoms with E-state index in [0.29, 0.717) is 5.56 Å². The molecule has 0 aliphatic carbocycles. The molecule has 0 bridgehead atoms. The summed E-state index contributed by atoms with van der Waals surface area (Å²) in [7, 11) is 0. The van der Waals surface area contributed by atoms with Gasteiger partial charge >= 0.3 is 0 Å². The van der Waals surface area contributed by atoms with Gasteiger partial charge < -0.3 is 10.6 Å². The minimum absolute atomic E-state index is 0.0562. The molecular weight excluding hydrogens is 300 g/mol. The van der Waals surface area contributed by atoms with Crippen LogP contribution >= 0.6 is 0 Å². The first-order valence-corrected chi connectivity index (χ1v) is 8.01. The molecule has 0 aromatic heterocycles. The third-order valence-electron chi connectivity index (χ3n) is 4.06. The standard InChI is InChI=1S/C20H24N2O2/c1-12-9-15(4)18(16(5)10-12)20(24)21-11-17(23)22-19-13(2)7-6-8-14(19)3/h6-10H,11H2,1-5H3,(H,21,24)(H,22,23). The molecule has 4 nitrogen and oxygen atoms in total. The van der Waals surface area contributed by atoms with Crippen molar-refractivity contribution in [1.82, 2.24) is 5.32 Å². The Hall–Kier alpha value is -2.62. The number of para-hydroxylation sites is 1.